The van der Waals surface area contributed by atoms with Crippen LogP contribution in [0.15, 0.2) is 36.5 Å². The Balaban J connectivity index is 1.38. The number of carbonyl (C=O) groups is 1. The lowest BCUT2D eigenvalue weighted by Gasteiger charge is -2.41. The number of aliphatic hydroxyl groups excluding tert-OH is 1. The van der Waals surface area contributed by atoms with Crippen molar-refractivity contribution in [1.29, 1.82) is 0 Å². The molecule has 0 bridgehead atoms. The maximum Gasteiger partial charge on any atom is 0.303 e. The van der Waals surface area contributed by atoms with E-state index in [1.165, 1.54) is 6.20 Å². The van der Waals surface area contributed by atoms with E-state index in [-0.39, 0.29) is 18.8 Å². The molecule has 0 radical (unpaired) electrons. The summed E-state index contributed by atoms with van der Waals surface area (Å²) in [7, 11) is 1.55. The number of fused-ring (bicyclic) bond motifs is 1. The fraction of sp³-hybridized carbons (Fsp3) is 0.429. The third-order valence-electron chi connectivity index (χ3n) is 7.43. The fourth-order valence-corrected chi connectivity index (χ4v) is 5.49. The zero-order valence-corrected chi connectivity index (χ0v) is 22.2. The molecule has 2 N–H and O–H groups in total. The summed E-state index contributed by atoms with van der Waals surface area (Å²) < 4.78 is 50.6. The van der Waals surface area contributed by atoms with E-state index in [0.717, 1.165) is 12.1 Å². The zero-order valence-electron chi connectivity index (χ0n) is 21.4. The normalized spacial score (nSPS) is 16.3. The molecule has 1 atom stereocenters. The highest BCUT2D eigenvalue weighted by Crippen LogP contribution is 2.43. The van der Waals surface area contributed by atoms with E-state index in [4.69, 9.17) is 21.1 Å². The van der Waals surface area contributed by atoms with Crippen LogP contribution >= 0.6 is 11.6 Å². The Hall–Kier alpha value is -3.08. The van der Waals surface area contributed by atoms with Crippen molar-refractivity contribution in [3.8, 4) is 11.5 Å². The summed E-state index contributed by atoms with van der Waals surface area (Å²) in [6.07, 6.45) is 2.50. The Morgan fingerprint density at radius 1 is 1.15 bits per heavy atom. The van der Waals surface area contributed by atoms with Gasteiger partial charge in [-0.05, 0) is 62.4 Å². The van der Waals surface area contributed by atoms with Crippen molar-refractivity contribution in [3.05, 3.63) is 64.6 Å². The van der Waals surface area contributed by atoms with Gasteiger partial charge in [0.25, 0.3) is 0 Å². The molecule has 1 saturated heterocycles. The van der Waals surface area contributed by atoms with E-state index in [1.54, 1.807) is 25.3 Å². The van der Waals surface area contributed by atoms with Gasteiger partial charge < -0.3 is 19.7 Å². The minimum atomic E-state index is -1.54. The van der Waals surface area contributed by atoms with Gasteiger partial charge in [0.1, 0.15) is 18.1 Å². The number of piperidine rings is 1. The number of hydrogen-bond donors (Lipinski definition) is 2. The van der Waals surface area contributed by atoms with Crippen molar-refractivity contribution in [2.75, 3.05) is 33.4 Å². The Kier molecular flexibility index (Phi) is 9.19. The molecule has 39 heavy (non-hydrogen) atoms. The van der Waals surface area contributed by atoms with E-state index in [2.05, 4.69) is 9.88 Å². The molecule has 0 spiro atoms. The number of nitrogens with zero attached hydrogens (tertiary/aromatic N) is 2. The third kappa shape index (κ3) is 6.93. The second-order valence-electron chi connectivity index (χ2n) is 9.92. The Bertz CT molecular complexity index is 1310. The molecule has 1 aromatic heterocycles. The van der Waals surface area contributed by atoms with Crippen LogP contribution in [-0.2, 0) is 4.79 Å². The first-order chi connectivity index (χ1) is 18.6. The predicted molar refractivity (Wildman–Crippen MR) is 140 cm³/mol. The Labute approximate surface area is 229 Å². The van der Waals surface area contributed by atoms with Crippen LogP contribution in [0.25, 0.3) is 10.9 Å². The van der Waals surface area contributed by atoms with Gasteiger partial charge in [0.15, 0.2) is 17.5 Å². The maximum absolute atomic E-state index is 13.4. The molecular weight excluding hydrogens is 537 g/mol. The zero-order chi connectivity index (χ0) is 28.2. The van der Waals surface area contributed by atoms with Crippen LogP contribution in [0.2, 0.25) is 5.02 Å². The number of aliphatic hydroxyl groups is 1. The van der Waals surface area contributed by atoms with Crippen LogP contribution in [0.5, 0.6) is 11.5 Å². The van der Waals surface area contributed by atoms with Gasteiger partial charge in [-0.2, -0.15) is 0 Å². The van der Waals surface area contributed by atoms with Gasteiger partial charge in [-0.1, -0.05) is 11.6 Å². The molecule has 7 nitrogen and oxygen atoms in total. The summed E-state index contributed by atoms with van der Waals surface area (Å²) in [5.41, 5.74) is 0.686. The summed E-state index contributed by atoms with van der Waals surface area (Å²) in [6, 6.07) is 6.93. The number of likely N-dealkylation sites (tertiary alicyclic amines) is 1. The molecule has 4 rings (SSSR count). The van der Waals surface area contributed by atoms with Crippen LogP contribution in [0.1, 0.15) is 43.8 Å². The van der Waals surface area contributed by atoms with Gasteiger partial charge >= 0.3 is 5.97 Å². The highest BCUT2D eigenvalue weighted by atomic mass is 35.5. The van der Waals surface area contributed by atoms with Crippen molar-refractivity contribution in [1.82, 2.24) is 9.88 Å². The molecule has 0 aliphatic carbocycles. The molecule has 3 aromatic rings. The van der Waals surface area contributed by atoms with E-state index >= 15 is 0 Å². The standard InChI is InChI=1S/C28H30ClF3N2O5/c1-38-17-2-3-23-19(12-17)26(20(29)16-33-23)24(35)4-5-28(15-25(36)37)6-8-34(9-7-28)10-11-39-18-13-21(30)27(32)22(31)14-18/h2-3,12-14,16,24,35H,4-11,15H2,1H3,(H,36,37). The van der Waals surface area contributed by atoms with Gasteiger partial charge in [0.2, 0.25) is 0 Å². The van der Waals surface area contributed by atoms with Crippen LogP contribution in [-0.4, -0.2) is 59.4 Å². The summed E-state index contributed by atoms with van der Waals surface area (Å²) in [6.45, 7) is 1.77. The molecule has 0 saturated carbocycles. The molecule has 1 aliphatic rings. The monoisotopic (exact) mass is 566 g/mol. The van der Waals surface area contributed by atoms with E-state index in [0.29, 0.717) is 72.6 Å². The molecule has 2 heterocycles. The van der Waals surface area contributed by atoms with Crippen molar-refractivity contribution >= 4 is 28.5 Å². The smallest absolute Gasteiger partial charge is 0.303 e. The van der Waals surface area contributed by atoms with Crippen molar-refractivity contribution < 1.29 is 37.7 Å². The first kappa shape index (κ1) is 28.9. The highest BCUT2D eigenvalue weighted by Gasteiger charge is 2.37. The van der Waals surface area contributed by atoms with Crippen LogP contribution in [0.3, 0.4) is 0 Å². The second-order valence-corrected chi connectivity index (χ2v) is 10.3. The van der Waals surface area contributed by atoms with Crippen molar-refractivity contribution in [2.45, 2.75) is 38.2 Å². The SMILES string of the molecule is COc1ccc2ncc(Cl)c(C(O)CCC3(CC(=O)O)CCN(CCOc4cc(F)c(F)c(F)c4)CC3)c2c1. The summed E-state index contributed by atoms with van der Waals surface area (Å²) in [5.74, 6) is -4.57. The van der Waals surface area contributed by atoms with Crippen LogP contribution < -0.4 is 9.47 Å². The highest BCUT2D eigenvalue weighted by molar-refractivity contribution is 6.32. The maximum atomic E-state index is 13.4. The van der Waals surface area contributed by atoms with Crippen molar-refractivity contribution in [3.63, 3.8) is 0 Å². The molecule has 11 heteroatoms. The first-order valence-corrected chi connectivity index (χ1v) is 13.0. The van der Waals surface area contributed by atoms with Crippen LogP contribution in [0, 0.1) is 22.9 Å². The van der Waals surface area contributed by atoms with E-state index in [1.807, 2.05) is 0 Å². The Morgan fingerprint density at radius 3 is 2.49 bits per heavy atom. The lowest BCUT2D eigenvalue weighted by atomic mass is 9.71. The number of carboxylic acids is 1. The predicted octanol–water partition coefficient (Wildman–Crippen LogP) is 5.76. The minimum Gasteiger partial charge on any atom is -0.497 e. The average molecular weight is 567 g/mol. The number of aromatic nitrogens is 1. The summed E-state index contributed by atoms with van der Waals surface area (Å²) in [4.78, 5) is 18.1. The number of methoxy groups -OCH3 is 1. The largest absolute Gasteiger partial charge is 0.497 e. The lowest BCUT2D eigenvalue weighted by Crippen LogP contribution is -2.42. The minimum absolute atomic E-state index is 0.0309. The van der Waals surface area contributed by atoms with Gasteiger partial charge in [-0.25, -0.2) is 13.2 Å². The molecular formula is C28H30ClF3N2O5. The number of ether oxygens (including phenoxy) is 2. The van der Waals surface area contributed by atoms with Gasteiger partial charge in [0, 0.05) is 35.8 Å². The number of carboxylic acid groups (broad SMARTS) is 1. The Morgan fingerprint density at radius 2 is 1.85 bits per heavy atom. The molecule has 2 aromatic carbocycles. The van der Waals surface area contributed by atoms with E-state index in [9.17, 15) is 28.2 Å². The van der Waals surface area contributed by atoms with Gasteiger partial charge in [-0.15, -0.1) is 0 Å². The molecule has 0 amide bonds. The average Bonchev–Trinajstić information content (AvgIpc) is 2.90. The molecule has 1 aliphatic heterocycles. The summed E-state index contributed by atoms with van der Waals surface area (Å²) in [5, 5.41) is 21.8. The number of hydrogen-bond acceptors (Lipinski definition) is 6. The number of rotatable bonds is 11. The quantitative estimate of drug-likeness (QED) is 0.285. The fourth-order valence-electron chi connectivity index (χ4n) is 5.22. The van der Waals surface area contributed by atoms with Crippen LogP contribution in [0.4, 0.5) is 13.2 Å². The number of pyridine rings is 1. The molecule has 210 valence electrons. The topological polar surface area (TPSA) is 92.1 Å². The number of aliphatic carboxylic acids is 1. The lowest BCUT2D eigenvalue weighted by molar-refractivity contribution is -0.141. The number of benzene rings is 2. The first-order valence-electron chi connectivity index (χ1n) is 12.6. The van der Waals surface area contributed by atoms with E-state index < -0.39 is 34.9 Å². The molecule has 1 fully saturated rings. The molecule has 1 unspecified atom stereocenters. The second kappa shape index (κ2) is 12.4. The van der Waals surface area contributed by atoms with Gasteiger partial charge in [0.05, 0.1) is 30.2 Å². The van der Waals surface area contributed by atoms with Gasteiger partial charge in [-0.3, -0.25) is 14.7 Å². The summed E-state index contributed by atoms with van der Waals surface area (Å²) >= 11 is 6.43. The number of halogens is 4. The van der Waals surface area contributed by atoms with Crippen molar-refractivity contribution in [2.24, 2.45) is 5.41 Å². The third-order valence-corrected chi connectivity index (χ3v) is 7.73.